The monoisotopic (exact) mass is 362 g/mol. The Morgan fingerprint density at radius 2 is 1.92 bits per heavy atom. The van der Waals surface area contributed by atoms with Gasteiger partial charge < -0.3 is 15.3 Å². The first-order valence-electron chi connectivity index (χ1n) is 10.5. The maximum absolute atomic E-state index is 12.2. The first-order chi connectivity index (χ1) is 12.5. The zero-order valence-corrected chi connectivity index (χ0v) is 15.8. The second-order valence-corrected chi connectivity index (χ2v) is 8.62. The Morgan fingerprint density at radius 1 is 1.15 bits per heavy atom. The van der Waals surface area contributed by atoms with Gasteiger partial charge in [-0.1, -0.05) is 44.3 Å². The van der Waals surface area contributed by atoms with Crippen molar-refractivity contribution in [2.45, 2.75) is 76.2 Å². The molecule has 0 heterocycles. The lowest BCUT2D eigenvalue weighted by atomic mass is 9.61. The molecule has 4 nitrogen and oxygen atoms in total. The van der Waals surface area contributed by atoms with E-state index >= 15 is 0 Å². The van der Waals surface area contributed by atoms with E-state index in [1.54, 1.807) is 0 Å². The molecular formula is C22H34O4. The summed E-state index contributed by atoms with van der Waals surface area (Å²) in [5.41, 5.74) is -0.559. The molecule has 4 heteroatoms. The summed E-state index contributed by atoms with van der Waals surface area (Å²) in [7, 11) is 0. The van der Waals surface area contributed by atoms with Gasteiger partial charge in [-0.05, 0) is 50.4 Å². The predicted octanol–water partition coefficient (Wildman–Crippen LogP) is 4.07. The number of fused-ring (bicyclic) bond motifs is 1. The average molecular weight is 363 g/mol. The Balaban J connectivity index is 1.46. The molecule has 3 unspecified atom stereocenters. The number of allylic oxidation sites excluding steroid dienone is 3. The van der Waals surface area contributed by atoms with Crippen molar-refractivity contribution < 1.29 is 20.1 Å². The van der Waals surface area contributed by atoms with E-state index in [9.17, 15) is 15.0 Å². The van der Waals surface area contributed by atoms with E-state index < -0.39 is 5.60 Å². The maximum Gasteiger partial charge on any atom is 0.166 e. The van der Waals surface area contributed by atoms with Crippen molar-refractivity contribution in [3.8, 4) is 0 Å². The highest BCUT2D eigenvalue weighted by Gasteiger charge is 2.53. The number of hydrogen-bond acceptors (Lipinski definition) is 4. The summed E-state index contributed by atoms with van der Waals surface area (Å²) >= 11 is 0. The van der Waals surface area contributed by atoms with E-state index in [-0.39, 0.29) is 30.0 Å². The lowest BCUT2D eigenvalue weighted by molar-refractivity contribution is -0.122. The molecule has 0 spiro atoms. The highest BCUT2D eigenvalue weighted by atomic mass is 16.3. The molecule has 146 valence electrons. The number of hydrogen-bond donors (Lipinski definition) is 3. The summed E-state index contributed by atoms with van der Waals surface area (Å²) in [4.78, 5) is 12.2. The molecule has 3 N–H and O–H groups in total. The smallest absolute Gasteiger partial charge is 0.166 e. The first kappa shape index (κ1) is 19.6. The Kier molecular flexibility index (Phi) is 6.57. The molecule has 2 saturated carbocycles. The second kappa shape index (κ2) is 8.71. The molecule has 3 aliphatic rings. The van der Waals surface area contributed by atoms with Crippen LogP contribution >= 0.6 is 0 Å². The van der Waals surface area contributed by atoms with Crippen molar-refractivity contribution in [1.82, 2.24) is 0 Å². The van der Waals surface area contributed by atoms with Crippen LogP contribution in [0.4, 0.5) is 0 Å². The standard InChI is InChI=1S/C22H34O4/c23-13-5-3-1-2-4-9-17-18(21(25)14-20(17)24)10-7-12-22(26)15-16-8-6-11-19(16)22/h7,10,14,16-19,23-24,26H,1-6,8-9,11-13,15H2/b10-7+/t16?,17-,18-,19?,22?/m1/s1. The van der Waals surface area contributed by atoms with Crippen molar-refractivity contribution in [2.75, 3.05) is 6.61 Å². The van der Waals surface area contributed by atoms with Gasteiger partial charge in [0.1, 0.15) is 0 Å². The van der Waals surface area contributed by atoms with E-state index in [1.165, 1.54) is 18.9 Å². The van der Waals surface area contributed by atoms with Crippen LogP contribution in [0.15, 0.2) is 24.0 Å². The van der Waals surface area contributed by atoms with Crippen LogP contribution in [0.2, 0.25) is 0 Å². The third kappa shape index (κ3) is 4.23. The topological polar surface area (TPSA) is 77.8 Å². The van der Waals surface area contributed by atoms with E-state index in [2.05, 4.69) is 0 Å². The van der Waals surface area contributed by atoms with Gasteiger partial charge >= 0.3 is 0 Å². The van der Waals surface area contributed by atoms with Gasteiger partial charge in [0.15, 0.2) is 5.78 Å². The van der Waals surface area contributed by atoms with Gasteiger partial charge in [0, 0.05) is 24.5 Å². The third-order valence-corrected chi connectivity index (χ3v) is 6.88. The minimum absolute atomic E-state index is 0.0108. The Labute approximate surface area is 157 Å². The number of carbonyl (C=O) groups is 1. The van der Waals surface area contributed by atoms with Gasteiger partial charge in [-0.15, -0.1) is 0 Å². The van der Waals surface area contributed by atoms with Crippen LogP contribution in [0.1, 0.15) is 70.6 Å². The van der Waals surface area contributed by atoms with Crippen LogP contribution in [0.25, 0.3) is 0 Å². The summed E-state index contributed by atoms with van der Waals surface area (Å²) < 4.78 is 0. The molecular weight excluding hydrogens is 328 g/mol. The van der Waals surface area contributed by atoms with Crippen LogP contribution in [0.3, 0.4) is 0 Å². The molecule has 3 rings (SSSR count). The maximum atomic E-state index is 12.2. The summed E-state index contributed by atoms with van der Waals surface area (Å²) in [6, 6.07) is 0. The van der Waals surface area contributed by atoms with Crippen LogP contribution in [0, 0.1) is 23.7 Å². The van der Waals surface area contributed by atoms with Gasteiger partial charge in [-0.2, -0.15) is 0 Å². The van der Waals surface area contributed by atoms with Crippen molar-refractivity contribution in [3.63, 3.8) is 0 Å². The molecule has 0 aromatic rings. The van der Waals surface area contributed by atoms with Crippen molar-refractivity contribution >= 4 is 5.78 Å². The SMILES string of the molecule is O=C1C=C(O)[C@H](CCCCCCCO)[C@H]1/C=C/CC1(O)CC2CCCC21. The molecule has 0 bridgehead atoms. The zero-order valence-electron chi connectivity index (χ0n) is 15.8. The summed E-state index contributed by atoms with van der Waals surface area (Å²) in [5, 5.41) is 29.7. The Hall–Kier alpha value is -1.13. The molecule has 0 saturated heterocycles. The fourth-order valence-corrected chi connectivity index (χ4v) is 5.38. The molecule has 0 aliphatic heterocycles. The minimum atomic E-state index is -0.559. The number of ketones is 1. The third-order valence-electron chi connectivity index (χ3n) is 6.88. The van der Waals surface area contributed by atoms with Gasteiger partial charge in [0.05, 0.1) is 11.4 Å². The lowest BCUT2D eigenvalue weighted by Gasteiger charge is -2.48. The first-order valence-corrected chi connectivity index (χ1v) is 10.5. The van der Waals surface area contributed by atoms with Crippen molar-refractivity contribution in [3.05, 3.63) is 24.0 Å². The van der Waals surface area contributed by atoms with Crippen LogP contribution in [-0.2, 0) is 4.79 Å². The molecule has 0 aromatic heterocycles. The second-order valence-electron chi connectivity index (χ2n) is 8.62. The normalized spacial score (nSPS) is 36.4. The average Bonchev–Trinajstić information content (AvgIpc) is 3.12. The summed E-state index contributed by atoms with van der Waals surface area (Å²) in [5.74, 6) is 1.00. The fourth-order valence-electron chi connectivity index (χ4n) is 5.38. The van der Waals surface area contributed by atoms with Crippen molar-refractivity contribution in [1.29, 1.82) is 0 Å². The lowest BCUT2D eigenvalue weighted by Crippen LogP contribution is -2.51. The molecule has 26 heavy (non-hydrogen) atoms. The largest absolute Gasteiger partial charge is 0.512 e. The van der Waals surface area contributed by atoms with Crippen LogP contribution < -0.4 is 0 Å². The van der Waals surface area contributed by atoms with Gasteiger partial charge in [-0.25, -0.2) is 0 Å². The Bertz CT molecular complexity index is 552. The molecule has 0 amide bonds. The molecule has 0 radical (unpaired) electrons. The van der Waals surface area contributed by atoms with E-state index in [0.29, 0.717) is 18.3 Å². The number of unbranched alkanes of at least 4 members (excludes halogenated alkanes) is 4. The number of rotatable bonds is 10. The van der Waals surface area contributed by atoms with E-state index in [0.717, 1.165) is 51.4 Å². The van der Waals surface area contributed by atoms with E-state index in [4.69, 9.17) is 5.11 Å². The number of carbonyl (C=O) groups excluding carboxylic acids is 1. The van der Waals surface area contributed by atoms with E-state index in [1.807, 2.05) is 12.2 Å². The van der Waals surface area contributed by atoms with Crippen LogP contribution in [-0.4, -0.2) is 33.3 Å². The van der Waals surface area contributed by atoms with Crippen LogP contribution in [0.5, 0.6) is 0 Å². The number of aliphatic hydroxyl groups excluding tert-OH is 2. The van der Waals surface area contributed by atoms with Gasteiger partial charge in [0.2, 0.25) is 0 Å². The molecule has 2 fully saturated rings. The molecule has 0 aromatic carbocycles. The Morgan fingerprint density at radius 3 is 2.69 bits per heavy atom. The summed E-state index contributed by atoms with van der Waals surface area (Å²) in [6.45, 7) is 0.251. The minimum Gasteiger partial charge on any atom is -0.512 e. The predicted molar refractivity (Wildman–Crippen MR) is 102 cm³/mol. The summed E-state index contributed by atoms with van der Waals surface area (Å²) in [6.07, 6.45) is 16.3. The van der Waals surface area contributed by atoms with Gasteiger partial charge in [-0.3, -0.25) is 4.79 Å². The van der Waals surface area contributed by atoms with Gasteiger partial charge in [0.25, 0.3) is 0 Å². The van der Waals surface area contributed by atoms with Crippen molar-refractivity contribution in [2.24, 2.45) is 23.7 Å². The zero-order chi connectivity index (χ0) is 18.6. The number of aliphatic hydroxyl groups is 3. The molecule has 5 atom stereocenters. The quantitative estimate of drug-likeness (QED) is 0.404. The highest BCUT2D eigenvalue weighted by Crippen LogP contribution is 2.55. The molecule has 3 aliphatic carbocycles. The highest BCUT2D eigenvalue weighted by molar-refractivity contribution is 5.96. The fraction of sp³-hybridized carbons (Fsp3) is 0.773.